The zero-order valence-electron chi connectivity index (χ0n) is 19.2. The third kappa shape index (κ3) is 7.08. The van der Waals surface area contributed by atoms with Crippen LogP contribution in [0.5, 0.6) is 5.75 Å². The first-order valence-corrected chi connectivity index (χ1v) is 11.8. The van der Waals surface area contributed by atoms with E-state index in [-0.39, 0.29) is 30.4 Å². The maximum atomic E-state index is 13.0. The van der Waals surface area contributed by atoms with Crippen LogP contribution in [-0.2, 0) is 4.74 Å². The highest BCUT2D eigenvalue weighted by Crippen LogP contribution is 2.37. The van der Waals surface area contributed by atoms with Gasteiger partial charge < -0.3 is 9.47 Å². The lowest BCUT2D eigenvalue weighted by Gasteiger charge is -2.47. The largest absolute Gasteiger partial charge is 0.494 e. The third-order valence-electron chi connectivity index (χ3n) is 6.66. The monoisotopic (exact) mass is 476 g/mol. The lowest BCUT2D eigenvalue weighted by Crippen LogP contribution is -2.54. The van der Waals surface area contributed by atoms with Gasteiger partial charge in [-0.2, -0.15) is 0 Å². The van der Waals surface area contributed by atoms with Gasteiger partial charge in [-0.05, 0) is 69.0 Å². The second kappa shape index (κ2) is 12.2. The average Bonchev–Trinajstić information content (AvgIpc) is 2.80. The molecule has 33 heavy (non-hydrogen) atoms. The number of amides is 1. The highest BCUT2D eigenvalue weighted by Gasteiger charge is 2.40. The van der Waals surface area contributed by atoms with Crippen molar-refractivity contribution in [3.8, 4) is 5.75 Å². The quantitative estimate of drug-likeness (QED) is 0.483. The first-order valence-electron chi connectivity index (χ1n) is 11.8. The van der Waals surface area contributed by atoms with Gasteiger partial charge in [-0.3, -0.25) is 10.2 Å². The first-order chi connectivity index (χ1) is 15.6. The highest BCUT2D eigenvalue weighted by atomic mass is 35.5. The molecule has 1 aliphatic carbocycles. The predicted octanol–water partition coefficient (Wildman–Crippen LogP) is 6.21. The molecule has 7 heteroatoms. The minimum absolute atomic E-state index is 0. The van der Waals surface area contributed by atoms with Crippen LogP contribution in [0.3, 0.4) is 0 Å². The van der Waals surface area contributed by atoms with E-state index in [4.69, 9.17) is 9.47 Å². The topological polar surface area (TPSA) is 50.8 Å². The summed E-state index contributed by atoms with van der Waals surface area (Å²) in [6, 6.07) is 14.4. The van der Waals surface area contributed by atoms with Gasteiger partial charge in [-0.25, -0.2) is 9.18 Å². The van der Waals surface area contributed by atoms with E-state index in [0.717, 1.165) is 50.0 Å². The van der Waals surface area contributed by atoms with Gasteiger partial charge in [0.05, 0.1) is 6.61 Å². The molecule has 1 aliphatic heterocycles. The Bertz CT molecular complexity index is 878. The fraction of sp³-hybridized carbons (Fsp3) is 0.500. The molecule has 0 bridgehead atoms. The van der Waals surface area contributed by atoms with E-state index in [1.165, 1.54) is 25.0 Å². The predicted molar refractivity (Wildman–Crippen MR) is 131 cm³/mol. The molecule has 0 radical (unpaired) electrons. The summed E-state index contributed by atoms with van der Waals surface area (Å²) < 4.78 is 24.7. The van der Waals surface area contributed by atoms with Crippen molar-refractivity contribution >= 4 is 24.2 Å². The molecule has 4 rings (SSSR count). The standard InChI is InChI=1S/C26H33FN2O3.ClH/c1-19-7-11-21(12-8-19)28-26(30)32-25-15-17-29(24-6-3-2-5-23(24)25)16-4-18-31-22-13-9-20(27)10-14-22;/h7-14,23-25H,2-6,15-18H2,1H3,(H,28,30);1H/t23-,24?,25+;/m1./s1. The molecule has 1 saturated carbocycles. The Hall–Kier alpha value is -2.31. The number of anilines is 1. The number of hydrogen-bond acceptors (Lipinski definition) is 4. The van der Waals surface area contributed by atoms with Gasteiger partial charge in [-0.1, -0.05) is 30.5 Å². The molecule has 0 aromatic heterocycles. The summed E-state index contributed by atoms with van der Waals surface area (Å²) in [5, 5.41) is 2.87. The Morgan fingerprint density at radius 1 is 1.06 bits per heavy atom. The number of nitrogens with one attached hydrogen (secondary N) is 1. The van der Waals surface area contributed by atoms with Crippen molar-refractivity contribution in [3.05, 3.63) is 59.9 Å². The van der Waals surface area contributed by atoms with Crippen molar-refractivity contribution in [2.45, 2.75) is 57.6 Å². The van der Waals surface area contributed by atoms with Crippen molar-refractivity contribution in [1.82, 2.24) is 4.90 Å². The van der Waals surface area contributed by atoms with Gasteiger partial charge in [0, 0.05) is 30.7 Å². The van der Waals surface area contributed by atoms with Crippen molar-refractivity contribution in [1.29, 1.82) is 0 Å². The van der Waals surface area contributed by atoms with Gasteiger partial charge >= 0.3 is 6.09 Å². The van der Waals surface area contributed by atoms with Crippen LogP contribution in [-0.4, -0.2) is 42.8 Å². The van der Waals surface area contributed by atoms with Crippen LogP contribution in [0.25, 0.3) is 0 Å². The number of ether oxygens (including phenoxy) is 2. The Morgan fingerprint density at radius 3 is 2.55 bits per heavy atom. The van der Waals surface area contributed by atoms with Crippen LogP contribution in [0.1, 0.15) is 44.1 Å². The number of hydrogen-bond donors (Lipinski definition) is 1. The molecule has 5 nitrogen and oxygen atoms in total. The Labute approximate surface area is 202 Å². The van der Waals surface area contributed by atoms with Crippen LogP contribution in [0.4, 0.5) is 14.9 Å². The SMILES string of the molecule is Cc1ccc(NC(=O)O[C@H]2CCN(CCCOc3ccc(F)cc3)C3CCCC[C@H]32)cc1.Cl. The first kappa shape index (κ1) is 25.3. The third-order valence-corrected chi connectivity index (χ3v) is 6.66. The Morgan fingerprint density at radius 2 is 1.79 bits per heavy atom. The molecule has 2 aromatic carbocycles. The van der Waals surface area contributed by atoms with E-state index < -0.39 is 0 Å². The van der Waals surface area contributed by atoms with Crippen LogP contribution in [0.15, 0.2) is 48.5 Å². The lowest BCUT2D eigenvalue weighted by molar-refractivity contribution is -0.0411. The van der Waals surface area contributed by atoms with Gasteiger partial charge in [0.15, 0.2) is 0 Å². The number of halogens is 2. The Kier molecular flexibility index (Phi) is 9.39. The summed E-state index contributed by atoms with van der Waals surface area (Å²) in [5.74, 6) is 0.839. The molecule has 0 spiro atoms. The van der Waals surface area contributed by atoms with Crippen molar-refractivity contribution < 1.29 is 18.7 Å². The summed E-state index contributed by atoms with van der Waals surface area (Å²) in [4.78, 5) is 15.1. The van der Waals surface area contributed by atoms with E-state index in [0.29, 0.717) is 24.3 Å². The summed E-state index contributed by atoms with van der Waals surface area (Å²) in [5.41, 5.74) is 1.92. The molecule has 3 atom stereocenters. The van der Waals surface area contributed by atoms with Crippen molar-refractivity contribution in [3.63, 3.8) is 0 Å². The lowest BCUT2D eigenvalue weighted by atomic mass is 9.76. The van der Waals surface area contributed by atoms with Gasteiger partial charge in [0.2, 0.25) is 0 Å². The summed E-state index contributed by atoms with van der Waals surface area (Å²) in [6.45, 7) is 4.53. The van der Waals surface area contributed by atoms with Gasteiger partial charge in [0.1, 0.15) is 17.7 Å². The molecule has 1 heterocycles. The summed E-state index contributed by atoms with van der Waals surface area (Å²) >= 11 is 0. The molecule has 2 aliphatic rings. The maximum absolute atomic E-state index is 13.0. The van der Waals surface area contributed by atoms with Crippen LogP contribution >= 0.6 is 12.4 Å². The highest BCUT2D eigenvalue weighted by molar-refractivity contribution is 5.85. The van der Waals surface area contributed by atoms with E-state index >= 15 is 0 Å². The Balaban J connectivity index is 0.00000306. The zero-order valence-corrected chi connectivity index (χ0v) is 20.0. The van der Waals surface area contributed by atoms with Gasteiger partial charge in [0.25, 0.3) is 0 Å². The zero-order chi connectivity index (χ0) is 22.3. The van der Waals surface area contributed by atoms with Crippen molar-refractivity contribution in [2.24, 2.45) is 5.92 Å². The molecule has 2 aromatic rings. The molecule has 1 amide bonds. The van der Waals surface area contributed by atoms with E-state index in [1.807, 2.05) is 31.2 Å². The number of carbonyl (C=O) groups excluding carboxylic acids is 1. The number of fused-ring (bicyclic) bond motifs is 1. The summed E-state index contributed by atoms with van der Waals surface area (Å²) in [6.07, 6.45) is 6.08. The number of piperidine rings is 1. The fourth-order valence-corrected chi connectivity index (χ4v) is 5.03. The molecule has 1 unspecified atom stereocenters. The number of carbonyl (C=O) groups is 1. The second-order valence-electron chi connectivity index (χ2n) is 8.93. The molecule has 1 N–H and O–H groups in total. The van der Waals surface area contributed by atoms with Gasteiger partial charge in [-0.15, -0.1) is 12.4 Å². The number of rotatable bonds is 7. The number of aryl methyl sites for hydroxylation is 1. The van der Waals surface area contributed by atoms with Crippen LogP contribution < -0.4 is 10.1 Å². The molecular weight excluding hydrogens is 443 g/mol. The molecule has 180 valence electrons. The van der Waals surface area contributed by atoms with E-state index in [2.05, 4.69) is 10.2 Å². The summed E-state index contributed by atoms with van der Waals surface area (Å²) in [7, 11) is 0. The number of benzene rings is 2. The smallest absolute Gasteiger partial charge is 0.411 e. The van der Waals surface area contributed by atoms with Crippen molar-refractivity contribution in [2.75, 3.05) is 25.0 Å². The molecule has 2 fully saturated rings. The van der Waals surface area contributed by atoms with Crippen LogP contribution in [0, 0.1) is 18.7 Å². The minimum Gasteiger partial charge on any atom is -0.494 e. The van der Waals surface area contributed by atoms with E-state index in [1.54, 1.807) is 12.1 Å². The minimum atomic E-state index is -0.357. The maximum Gasteiger partial charge on any atom is 0.411 e. The number of likely N-dealkylation sites (tertiary alicyclic amines) is 1. The second-order valence-corrected chi connectivity index (χ2v) is 8.93. The molecule has 1 saturated heterocycles. The fourth-order valence-electron chi connectivity index (χ4n) is 5.03. The number of nitrogens with zero attached hydrogens (tertiary/aromatic N) is 1. The molecular formula is C26H34ClFN2O3. The van der Waals surface area contributed by atoms with Crippen LogP contribution in [0.2, 0.25) is 0 Å². The normalized spacial score (nSPS) is 22.5. The average molecular weight is 477 g/mol. The van der Waals surface area contributed by atoms with E-state index in [9.17, 15) is 9.18 Å².